The highest BCUT2D eigenvalue weighted by molar-refractivity contribution is 7.16. The van der Waals surface area contributed by atoms with Gasteiger partial charge in [-0.25, -0.2) is 4.98 Å². The summed E-state index contributed by atoms with van der Waals surface area (Å²) in [5.41, 5.74) is 0.931. The van der Waals surface area contributed by atoms with Gasteiger partial charge in [-0.3, -0.25) is 9.20 Å². The summed E-state index contributed by atoms with van der Waals surface area (Å²) in [5.74, 6) is 0. The summed E-state index contributed by atoms with van der Waals surface area (Å²) in [5, 5.41) is 1.90. The summed E-state index contributed by atoms with van der Waals surface area (Å²) in [6.45, 7) is 6.41. The summed E-state index contributed by atoms with van der Waals surface area (Å²) in [4.78, 5) is 22.0. The van der Waals surface area contributed by atoms with Crippen molar-refractivity contribution in [2.45, 2.75) is 13.1 Å². The Kier molecular flexibility index (Phi) is 4.69. The molecule has 2 N–H and O–H groups in total. The highest BCUT2D eigenvalue weighted by atomic mass is 35.5. The zero-order chi connectivity index (χ0) is 16.5. The quantitative estimate of drug-likeness (QED) is 0.664. The number of hydrogen-bond donors (Lipinski definition) is 2. The third kappa shape index (κ3) is 3.55. The Morgan fingerprint density at radius 2 is 1.92 bits per heavy atom. The summed E-state index contributed by atoms with van der Waals surface area (Å²) in [7, 11) is 0. The molecule has 4 heterocycles. The maximum atomic E-state index is 12.1. The van der Waals surface area contributed by atoms with Gasteiger partial charge in [0, 0.05) is 17.6 Å². The summed E-state index contributed by atoms with van der Waals surface area (Å²) >= 11 is 9.20. The molecule has 3 aromatic heterocycles. The number of fused-ring (bicyclic) bond motifs is 1. The van der Waals surface area contributed by atoms with Crippen molar-refractivity contribution < 1.29 is 9.80 Å². The zero-order valence-electron chi connectivity index (χ0n) is 13.1. The first-order valence-electron chi connectivity index (χ1n) is 8.04. The highest BCUT2D eigenvalue weighted by Crippen LogP contribution is 2.20. The number of nitrogens with zero attached hydrogens (tertiary/aromatic N) is 2. The molecule has 8 heteroatoms. The van der Waals surface area contributed by atoms with Gasteiger partial charge in [0.25, 0.3) is 5.56 Å². The average Bonchev–Trinajstić information content (AvgIpc) is 3.18. The van der Waals surface area contributed by atoms with E-state index in [0.29, 0.717) is 0 Å². The van der Waals surface area contributed by atoms with Gasteiger partial charge in [0.1, 0.15) is 45.0 Å². The van der Waals surface area contributed by atoms with Crippen LogP contribution in [-0.2, 0) is 13.1 Å². The number of hydrogen-bond acceptors (Lipinski definition) is 4. The van der Waals surface area contributed by atoms with Crippen LogP contribution in [0.4, 0.5) is 0 Å². The minimum Gasteiger partial charge on any atom is -0.321 e. The Balaban J connectivity index is 1.36. The van der Waals surface area contributed by atoms with Gasteiger partial charge in [-0.2, -0.15) is 0 Å². The lowest BCUT2D eigenvalue weighted by molar-refractivity contribution is -1.02. The van der Waals surface area contributed by atoms with Crippen LogP contribution in [0.25, 0.3) is 4.96 Å². The van der Waals surface area contributed by atoms with E-state index < -0.39 is 0 Å². The Morgan fingerprint density at radius 3 is 2.62 bits per heavy atom. The number of aromatic nitrogens is 2. The molecule has 5 nitrogen and oxygen atoms in total. The molecule has 1 saturated heterocycles. The molecule has 126 valence electrons. The minimum absolute atomic E-state index is 0.0227. The lowest BCUT2D eigenvalue weighted by Crippen LogP contribution is -3.27. The fourth-order valence-electron chi connectivity index (χ4n) is 3.24. The maximum Gasteiger partial charge on any atom is 0.258 e. The maximum absolute atomic E-state index is 12.1. The third-order valence-corrected chi connectivity index (χ3v) is 6.49. The lowest BCUT2D eigenvalue weighted by atomic mass is 10.2. The molecule has 0 unspecified atom stereocenters. The number of nitrogens with one attached hydrogen (secondary N) is 2. The molecule has 1 aliphatic heterocycles. The van der Waals surface area contributed by atoms with Gasteiger partial charge in [0.05, 0.1) is 9.21 Å². The van der Waals surface area contributed by atoms with Gasteiger partial charge in [-0.15, -0.1) is 22.7 Å². The largest absolute Gasteiger partial charge is 0.321 e. The van der Waals surface area contributed by atoms with Gasteiger partial charge < -0.3 is 9.80 Å². The van der Waals surface area contributed by atoms with Gasteiger partial charge in [-0.1, -0.05) is 11.6 Å². The van der Waals surface area contributed by atoms with E-state index in [1.807, 2.05) is 11.4 Å². The van der Waals surface area contributed by atoms with E-state index in [4.69, 9.17) is 11.6 Å². The molecule has 0 aliphatic carbocycles. The van der Waals surface area contributed by atoms with Gasteiger partial charge in [0.2, 0.25) is 0 Å². The molecule has 0 saturated carbocycles. The van der Waals surface area contributed by atoms with Crippen LogP contribution >= 0.6 is 34.3 Å². The molecule has 1 aliphatic rings. The zero-order valence-corrected chi connectivity index (χ0v) is 15.5. The highest BCUT2D eigenvalue weighted by Gasteiger charge is 2.24. The van der Waals surface area contributed by atoms with Gasteiger partial charge in [0.15, 0.2) is 4.96 Å². The summed E-state index contributed by atoms with van der Waals surface area (Å²) in [6.07, 6.45) is 1.78. The minimum atomic E-state index is 0.0227. The number of halogens is 1. The molecule has 3 aromatic rings. The molecular weight excluding hydrogens is 364 g/mol. The van der Waals surface area contributed by atoms with Crippen molar-refractivity contribution in [2.24, 2.45) is 0 Å². The molecular formula is C16H19ClN4OS2+2. The molecule has 0 aromatic carbocycles. The normalized spacial score (nSPS) is 21.4. The van der Waals surface area contributed by atoms with E-state index in [1.165, 1.54) is 21.1 Å². The Labute approximate surface area is 152 Å². The van der Waals surface area contributed by atoms with Crippen LogP contribution in [-0.4, -0.2) is 35.6 Å². The average molecular weight is 383 g/mol. The van der Waals surface area contributed by atoms with Crippen LogP contribution in [0, 0.1) is 0 Å². The number of rotatable bonds is 4. The van der Waals surface area contributed by atoms with Crippen LogP contribution in [0.3, 0.4) is 0 Å². The van der Waals surface area contributed by atoms with E-state index in [-0.39, 0.29) is 5.56 Å². The van der Waals surface area contributed by atoms with Crippen molar-refractivity contribution in [3.63, 3.8) is 0 Å². The van der Waals surface area contributed by atoms with Gasteiger partial charge in [-0.05, 0) is 12.1 Å². The van der Waals surface area contributed by atoms with Crippen LogP contribution in [0.15, 0.2) is 34.6 Å². The van der Waals surface area contributed by atoms with Crippen molar-refractivity contribution in [1.29, 1.82) is 0 Å². The fraction of sp³-hybridized carbons (Fsp3) is 0.375. The van der Waals surface area contributed by atoms with E-state index in [0.717, 1.165) is 54.3 Å². The first kappa shape index (κ1) is 16.2. The first-order valence-corrected chi connectivity index (χ1v) is 10.1. The Hall–Kier alpha value is -1.25. The smallest absolute Gasteiger partial charge is 0.258 e. The monoisotopic (exact) mass is 382 g/mol. The predicted molar refractivity (Wildman–Crippen MR) is 97.5 cm³/mol. The SMILES string of the molecule is O=c1cc(C[NH+]2CC[NH+](Cc3ccc(Cl)s3)CC2)nc2sccn12. The molecule has 24 heavy (non-hydrogen) atoms. The van der Waals surface area contributed by atoms with Crippen molar-refractivity contribution in [3.05, 3.63) is 55.0 Å². The lowest BCUT2D eigenvalue weighted by Gasteiger charge is -2.29. The van der Waals surface area contributed by atoms with Crippen molar-refractivity contribution in [3.8, 4) is 0 Å². The topological polar surface area (TPSA) is 43.2 Å². The van der Waals surface area contributed by atoms with E-state index in [1.54, 1.807) is 32.9 Å². The fourth-order valence-corrected chi connectivity index (χ4v) is 5.14. The van der Waals surface area contributed by atoms with Crippen LogP contribution in [0.5, 0.6) is 0 Å². The molecule has 1 fully saturated rings. The number of thiazole rings is 1. The summed E-state index contributed by atoms with van der Waals surface area (Å²) < 4.78 is 2.48. The predicted octanol–water partition coefficient (Wildman–Crippen LogP) is -0.0455. The molecule has 0 bridgehead atoms. The molecule has 0 atom stereocenters. The Bertz CT molecular complexity index is 895. The number of piperazine rings is 1. The second-order valence-corrected chi connectivity index (χ2v) is 8.87. The number of quaternary nitrogens is 2. The Morgan fingerprint density at radius 1 is 1.17 bits per heavy atom. The number of thiophene rings is 1. The van der Waals surface area contributed by atoms with Crippen molar-refractivity contribution in [1.82, 2.24) is 9.38 Å². The van der Waals surface area contributed by atoms with E-state index in [2.05, 4.69) is 11.1 Å². The van der Waals surface area contributed by atoms with Crippen molar-refractivity contribution in [2.75, 3.05) is 26.2 Å². The standard InChI is InChI=1S/C16H17ClN4OS2/c17-14-2-1-13(24-14)11-20-5-3-19(4-6-20)10-12-9-15(22)21-7-8-23-16(21)18-12/h1-2,7-9H,3-6,10-11H2/p+2. The third-order valence-electron chi connectivity index (χ3n) is 4.50. The van der Waals surface area contributed by atoms with Crippen molar-refractivity contribution >= 4 is 39.2 Å². The van der Waals surface area contributed by atoms with Crippen LogP contribution in [0.2, 0.25) is 4.34 Å². The first-order chi connectivity index (χ1) is 11.7. The molecule has 4 rings (SSSR count). The van der Waals surface area contributed by atoms with E-state index in [9.17, 15) is 4.79 Å². The van der Waals surface area contributed by atoms with E-state index >= 15 is 0 Å². The van der Waals surface area contributed by atoms with Crippen LogP contribution < -0.4 is 15.4 Å². The molecule has 0 spiro atoms. The molecule has 0 amide bonds. The second kappa shape index (κ2) is 6.93. The molecule has 0 radical (unpaired) electrons. The van der Waals surface area contributed by atoms with Crippen LogP contribution in [0.1, 0.15) is 10.6 Å². The second-order valence-electron chi connectivity index (χ2n) is 6.20. The summed E-state index contributed by atoms with van der Waals surface area (Å²) in [6, 6.07) is 5.79. The van der Waals surface area contributed by atoms with Gasteiger partial charge >= 0.3 is 0 Å².